The number of carbonyl (C=O) groups excluding carboxylic acids is 4. The number of nitrogens with zero attached hydrogens (tertiary/aromatic N) is 8. The van der Waals surface area contributed by atoms with Crippen molar-refractivity contribution in [3.63, 3.8) is 0 Å². The van der Waals surface area contributed by atoms with E-state index in [1.165, 1.54) is 70.5 Å². The van der Waals surface area contributed by atoms with Crippen LogP contribution in [0.25, 0.3) is 11.5 Å². The highest BCUT2D eigenvalue weighted by Gasteiger charge is 2.29. The van der Waals surface area contributed by atoms with Crippen molar-refractivity contribution in [2.24, 2.45) is 0 Å². The minimum Gasteiger partial charge on any atom is -0.415 e. The van der Waals surface area contributed by atoms with E-state index in [2.05, 4.69) is 20.0 Å². The normalized spacial score (nSPS) is 14.4. The molecule has 1 aromatic heterocycles. The molecule has 1 N–H and O–H groups in total. The quantitative estimate of drug-likeness (QED) is 0.0867. The number of halogens is 8. The van der Waals surface area contributed by atoms with Crippen LogP contribution in [0, 0.1) is 23.3 Å². The third-order valence-corrected chi connectivity index (χ3v) is 11.5. The summed E-state index contributed by atoms with van der Waals surface area (Å²) in [5.41, 5.74) is 0.775. The lowest BCUT2D eigenvalue weighted by molar-refractivity contribution is -0.131. The number of alkyl halides is 4. The Labute approximate surface area is 392 Å². The summed E-state index contributed by atoms with van der Waals surface area (Å²) >= 11 is 0. The summed E-state index contributed by atoms with van der Waals surface area (Å²) < 4.78 is 113. The number of amides is 5. The Morgan fingerprint density at radius 3 is 1.55 bits per heavy atom. The summed E-state index contributed by atoms with van der Waals surface area (Å²) in [6.07, 6.45) is -6.20. The minimum absolute atomic E-state index is 0.0722. The second-order valence-electron chi connectivity index (χ2n) is 15.8. The van der Waals surface area contributed by atoms with Gasteiger partial charge >= 0.3 is 24.9 Å². The average molecular weight is 972 g/mol. The van der Waals surface area contributed by atoms with Crippen molar-refractivity contribution >= 4 is 35.1 Å². The van der Waals surface area contributed by atoms with Crippen molar-refractivity contribution in [3.8, 4) is 11.5 Å². The predicted octanol–water partition coefficient (Wildman–Crippen LogP) is 8.01. The predicted molar refractivity (Wildman–Crippen MR) is 238 cm³/mol. The molecule has 0 aliphatic carbocycles. The second-order valence-corrected chi connectivity index (χ2v) is 15.8. The SMILES string of the molecule is CCN1CCN(C(=O)N(Cc2ccc(-c3nnc(C(F)F)o3)cc2F)c2cccc(F)c2)CC1.CCN1CCN(C(=O)N(Cc2ccc(C(=O)CNC(=O)C(F)F)cc2F)c2cccc(F)c2)CC1. The number of anilines is 2. The van der Waals surface area contributed by atoms with Gasteiger partial charge in [0.25, 0.3) is 11.8 Å². The van der Waals surface area contributed by atoms with E-state index in [1.807, 2.05) is 13.8 Å². The zero-order valence-electron chi connectivity index (χ0n) is 37.6. The number of urea groups is 2. The molecule has 69 heavy (non-hydrogen) atoms. The van der Waals surface area contributed by atoms with E-state index in [4.69, 9.17) is 4.42 Å². The van der Waals surface area contributed by atoms with Crippen LogP contribution in [0.3, 0.4) is 0 Å². The van der Waals surface area contributed by atoms with Crippen molar-refractivity contribution in [3.05, 3.63) is 131 Å². The molecule has 2 fully saturated rings. The molecule has 0 saturated carbocycles. The van der Waals surface area contributed by atoms with E-state index in [0.717, 1.165) is 25.2 Å². The van der Waals surface area contributed by atoms with Gasteiger partial charge in [-0.3, -0.25) is 19.4 Å². The lowest BCUT2D eigenvalue weighted by Gasteiger charge is -2.37. The Hall–Kier alpha value is -6.94. The maximum atomic E-state index is 15.0. The number of nitrogens with one attached hydrogen (secondary N) is 1. The van der Waals surface area contributed by atoms with Gasteiger partial charge in [0, 0.05) is 86.0 Å². The van der Waals surface area contributed by atoms with Gasteiger partial charge in [-0.2, -0.15) is 17.6 Å². The van der Waals surface area contributed by atoms with Crippen LogP contribution < -0.4 is 15.1 Å². The van der Waals surface area contributed by atoms with Crippen LogP contribution in [0.4, 0.5) is 56.1 Å². The van der Waals surface area contributed by atoms with Crippen molar-refractivity contribution < 1.29 is 58.7 Å². The molecule has 14 nitrogen and oxygen atoms in total. The van der Waals surface area contributed by atoms with Crippen LogP contribution in [0.2, 0.25) is 0 Å². The lowest BCUT2D eigenvalue weighted by Crippen LogP contribution is -2.52. The Morgan fingerprint density at radius 1 is 0.638 bits per heavy atom. The molecule has 22 heteroatoms. The number of likely N-dealkylation sites (N-methyl/N-ethyl adjacent to an activating group) is 2. The van der Waals surface area contributed by atoms with E-state index in [1.54, 1.807) is 27.2 Å². The maximum absolute atomic E-state index is 15.0. The van der Waals surface area contributed by atoms with Gasteiger partial charge in [0.1, 0.15) is 23.3 Å². The van der Waals surface area contributed by atoms with E-state index < -0.39 is 66.3 Å². The molecule has 2 aliphatic heterocycles. The molecular weight excluding hydrogens is 923 g/mol. The van der Waals surface area contributed by atoms with Crippen LogP contribution in [-0.4, -0.2) is 132 Å². The highest BCUT2D eigenvalue weighted by Crippen LogP contribution is 2.28. The topological polar surface area (TPSA) is 139 Å². The first kappa shape index (κ1) is 51.5. The zero-order chi connectivity index (χ0) is 49.8. The maximum Gasteiger partial charge on any atom is 0.324 e. The third kappa shape index (κ3) is 13.6. The number of ketones is 1. The number of hydrogen-bond donors (Lipinski definition) is 1. The summed E-state index contributed by atoms with van der Waals surface area (Å²) in [4.78, 5) is 60.1. The molecule has 368 valence electrons. The minimum atomic E-state index is -3.27. The molecule has 0 atom stereocenters. The molecule has 0 bridgehead atoms. The molecule has 7 rings (SSSR count). The second kappa shape index (κ2) is 23.9. The Morgan fingerprint density at radius 2 is 1.13 bits per heavy atom. The number of rotatable bonds is 14. The fourth-order valence-electron chi connectivity index (χ4n) is 7.46. The van der Waals surface area contributed by atoms with Gasteiger partial charge in [-0.1, -0.05) is 44.2 Å². The fraction of sp³-hybridized carbons (Fsp3) is 0.362. The summed E-state index contributed by atoms with van der Waals surface area (Å²) in [6.45, 7) is 9.48. The highest BCUT2D eigenvalue weighted by molar-refractivity contribution is 5.99. The number of hydrogen-bond acceptors (Lipinski definition) is 9. The first-order chi connectivity index (χ1) is 33.0. The molecule has 4 aromatic carbocycles. The molecule has 5 aromatic rings. The summed E-state index contributed by atoms with van der Waals surface area (Å²) in [5, 5.41) is 8.53. The standard InChI is InChI=1S/C24H26F4N4O3.C23H23F4N5O2/c1-2-30-8-10-31(11-9-30)24(35)32(19-5-3-4-18(25)13-19)15-17-7-6-16(12-20(17)26)21(33)14-29-23(34)22(27)28;1-2-30-8-10-31(11-9-30)23(33)32(18-5-3-4-17(24)13-18)14-16-7-6-15(12-19(16)25)21-28-29-22(34-21)20(26)27/h3-7,12-13,22H,2,8-11,14-15H2,1H3,(H,29,34);3-7,12-13,20H,2,8-11,14H2,1H3. The van der Waals surface area contributed by atoms with Crippen molar-refractivity contribution in [1.82, 2.24) is 35.1 Å². The first-order valence-electron chi connectivity index (χ1n) is 21.9. The van der Waals surface area contributed by atoms with E-state index in [9.17, 15) is 54.3 Å². The van der Waals surface area contributed by atoms with Gasteiger partial charge in [-0.15, -0.1) is 10.2 Å². The van der Waals surface area contributed by atoms with Crippen molar-refractivity contribution in [2.75, 3.05) is 81.8 Å². The monoisotopic (exact) mass is 971 g/mol. The van der Waals surface area contributed by atoms with Gasteiger partial charge in [0.2, 0.25) is 5.89 Å². The first-order valence-corrected chi connectivity index (χ1v) is 21.9. The average Bonchev–Trinajstić information content (AvgIpc) is 3.86. The largest absolute Gasteiger partial charge is 0.415 e. The molecule has 2 saturated heterocycles. The van der Waals surface area contributed by atoms with E-state index in [-0.39, 0.29) is 53.0 Å². The molecule has 3 heterocycles. The zero-order valence-corrected chi connectivity index (χ0v) is 37.6. The van der Waals surface area contributed by atoms with E-state index in [0.29, 0.717) is 58.0 Å². The van der Waals surface area contributed by atoms with Crippen LogP contribution in [0.15, 0.2) is 89.3 Å². The number of piperazine rings is 2. The van der Waals surface area contributed by atoms with Crippen molar-refractivity contribution in [2.45, 2.75) is 39.8 Å². The molecular formula is C47H49F8N9O5. The van der Waals surface area contributed by atoms with Gasteiger partial charge in [-0.05, 0) is 67.7 Å². The molecule has 0 radical (unpaired) electrons. The van der Waals surface area contributed by atoms with Gasteiger partial charge in [0.15, 0.2) is 5.78 Å². The number of Topliss-reactive ketones (excluding diaryl/α,β-unsaturated/α-hetero) is 1. The van der Waals surface area contributed by atoms with Gasteiger partial charge in [-0.25, -0.2) is 27.2 Å². The van der Waals surface area contributed by atoms with E-state index >= 15 is 0 Å². The van der Waals surface area contributed by atoms with Gasteiger partial charge in [0.05, 0.1) is 19.6 Å². The third-order valence-electron chi connectivity index (χ3n) is 11.5. The van der Waals surface area contributed by atoms with Gasteiger partial charge < -0.3 is 29.3 Å². The number of benzene rings is 4. The van der Waals surface area contributed by atoms with Crippen LogP contribution >= 0.6 is 0 Å². The Balaban J connectivity index is 0.000000227. The molecule has 2 aliphatic rings. The Kier molecular flexibility index (Phi) is 17.8. The van der Waals surface area contributed by atoms with Crippen LogP contribution in [0.1, 0.15) is 47.6 Å². The highest BCUT2D eigenvalue weighted by atomic mass is 19.3. The summed E-state index contributed by atoms with van der Waals surface area (Å²) in [7, 11) is 0. The fourth-order valence-corrected chi connectivity index (χ4v) is 7.46. The van der Waals surface area contributed by atoms with Crippen molar-refractivity contribution in [1.29, 1.82) is 0 Å². The Bertz CT molecular complexity index is 2570. The molecule has 5 amide bonds. The lowest BCUT2D eigenvalue weighted by atomic mass is 10.1. The number of aromatic nitrogens is 2. The smallest absolute Gasteiger partial charge is 0.324 e. The summed E-state index contributed by atoms with van der Waals surface area (Å²) in [5.74, 6) is -6.02. The van der Waals surface area contributed by atoms with Crippen LogP contribution in [-0.2, 0) is 17.9 Å². The summed E-state index contributed by atoms with van der Waals surface area (Å²) in [6, 6.07) is 17.6. The number of carbonyl (C=O) groups is 4. The molecule has 0 spiro atoms. The van der Waals surface area contributed by atoms with Crippen LogP contribution in [0.5, 0.6) is 0 Å². The molecule has 0 unspecified atom stereocenters.